The molecule has 49 heteroatoms. The largest absolute Gasteiger partial charge is 1.00 e. The number of carbonyl (C=O) groups is 7. The van der Waals surface area contributed by atoms with Crippen molar-refractivity contribution in [2.45, 2.75) is 159 Å². The average Bonchev–Trinajstić information content (AvgIpc) is 1.66. The summed E-state index contributed by atoms with van der Waals surface area (Å²) in [4.78, 5) is 77.8. The molecule has 5 amide bonds. The number of imide groups is 1. The van der Waals surface area contributed by atoms with E-state index in [-0.39, 0.29) is 112 Å². The molecule has 0 aliphatic carbocycles. The maximum atomic E-state index is 13.0. The summed E-state index contributed by atoms with van der Waals surface area (Å²) in [5.41, 5.74) is -8.72. The van der Waals surface area contributed by atoms with Crippen LogP contribution in [0.5, 0.6) is 0 Å². The fourth-order valence-corrected chi connectivity index (χ4v) is 13.9. The number of Topliss-reactive ketones (excluding diaryl/α,β-unsaturated/α-hetero) is 3. The molecule has 0 saturated carbocycles. The SMILES string of the molecule is C1CCOC1.Cc1cc(C(C)(C)C)cc(C(C)(C)C)c1.O=C(CBr)c1ccc(Cl)cc1.O=C(CO)c1ccc(Cl)cc1.O=C(COCc1cc(C(F)(F)F)cc(C(F)(F)F)c1)c1ccc(Cl)cc1.O=C1NC(=O)C(COCc2cc(C(F)(F)F)cc(C(F)(F)F)c2)(c2ccc(Cl)cc2)N1.O=C1NCC(COCc2cc(C(F)(F)F)cc(C(F)(F)F)c2)(c2ccc(Cl)cc2)N1.O=C[O-].OCc1cc(C(F)(F)F)cc(C(F)(F)F)c1.[Na+]. The number of aliphatic hydroxyl groups excluding tert-OH is 2. The number of urea groups is 2. The number of carbonyl (C=O) groups excluding carboxylic acids is 7. The summed E-state index contributed by atoms with van der Waals surface area (Å²) in [6.45, 7) is 13.1. The van der Waals surface area contributed by atoms with Crippen LogP contribution in [0, 0.1) is 6.92 Å². The molecule has 0 aromatic heterocycles. The van der Waals surface area contributed by atoms with Gasteiger partial charge in [0.25, 0.3) is 5.91 Å². The number of amides is 5. The number of halogens is 30. The van der Waals surface area contributed by atoms with Crippen LogP contribution in [0.3, 0.4) is 0 Å². The van der Waals surface area contributed by atoms with Crippen molar-refractivity contribution in [3.8, 4) is 0 Å². The van der Waals surface area contributed by atoms with E-state index in [9.17, 15) is 134 Å². The maximum Gasteiger partial charge on any atom is 1.00 e. The van der Waals surface area contributed by atoms with Gasteiger partial charge in [0, 0.05) is 68.0 Å². The number of rotatable bonds is 20. The molecule has 149 heavy (non-hydrogen) atoms. The Morgan fingerprint density at radius 1 is 0.396 bits per heavy atom. The molecule has 13 rings (SSSR count). The van der Waals surface area contributed by atoms with Crippen LogP contribution in [-0.4, -0.2) is 104 Å². The van der Waals surface area contributed by atoms with E-state index in [1.807, 2.05) is 5.32 Å². The number of nitrogens with one attached hydrogen (secondary N) is 4. The number of ketones is 3. The van der Waals surface area contributed by atoms with Crippen LogP contribution < -0.4 is 55.9 Å². The molecule has 0 bridgehead atoms. The fourth-order valence-electron chi connectivity index (χ4n) is 12.9. The summed E-state index contributed by atoms with van der Waals surface area (Å²) in [6, 6.07) is 41.3. The molecule has 3 heterocycles. The number of hydrogen-bond acceptors (Lipinski definition) is 14. The van der Waals surface area contributed by atoms with Gasteiger partial charge in [0.15, 0.2) is 22.9 Å². The van der Waals surface area contributed by atoms with E-state index in [4.69, 9.17) is 97.1 Å². The van der Waals surface area contributed by atoms with E-state index >= 15 is 0 Å². The van der Waals surface area contributed by atoms with Crippen LogP contribution in [0.15, 0.2) is 212 Å². The Balaban J connectivity index is 0.000000367. The Morgan fingerprint density at radius 3 is 0.940 bits per heavy atom. The summed E-state index contributed by atoms with van der Waals surface area (Å²) in [7, 11) is 0. The van der Waals surface area contributed by atoms with Crippen LogP contribution >= 0.6 is 73.9 Å². The third kappa shape index (κ3) is 43.9. The van der Waals surface area contributed by atoms with E-state index in [0.717, 1.165) is 13.2 Å². The molecule has 18 nitrogen and oxygen atoms in total. The molecule has 3 fully saturated rings. The minimum Gasteiger partial charge on any atom is -0.554 e. The Labute approximate surface area is 893 Å². The average molecular weight is 2310 g/mol. The molecule has 3 saturated heterocycles. The molecule has 10 aromatic rings. The van der Waals surface area contributed by atoms with Gasteiger partial charge in [-0.05, 0) is 245 Å². The van der Waals surface area contributed by atoms with Gasteiger partial charge in [0.05, 0.1) is 89.5 Å². The Morgan fingerprint density at radius 2 is 0.678 bits per heavy atom. The van der Waals surface area contributed by atoms with Crippen LogP contribution in [0.2, 0.25) is 25.1 Å². The third-order valence-electron chi connectivity index (χ3n) is 20.5. The minimum atomic E-state index is -5.00. The van der Waals surface area contributed by atoms with Crippen LogP contribution in [0.4, 0.5) is 115 Å². The van der Waals surface area contributed by atoms with Crippen molar-refractivity contribution in [1.82, 2.24) is 21.3 Å². The number of hydrogen-bond donors (Lipinski definition) is 6. The van der Waals surface area contributed by atoms with E-state index in [0.29, 0.717) is 95.7 Å². The number of benzene rings is 10. The van der Waals surface area contributed by atoms with Gasteiger partial charge in [0.2, 0.25) is 0 Å². The smallest absolute Gasteiger partial charge is 0.554 e. The second kappa shape index (κ2) is 57.0. The first kappa shape index (κ1) is 131. The zero-order chi connectivity index (χ0) is 112. The summed E-state index contributed by atoms with van der Waals surface area (Å²) < 4.78 is 327. The molecule has 3 aliphatic rings. The van der Waals surface area contributed by atoms with E-state index in [2.05, 4.69) is 98.5 Å². The maximum absolute atomic E-state index is 13.0. The Hall–Kier alpha value is -10.1. The van der Waals surface area contributed by atoms with E-state index in [1.54, 1.807) is 72.8 Å². The number of alkyl halides is 25. The van der Waals surface area contributed by atoms with Gasteiger partial charge < -0.3 is 55.0 Å². The van der Waals surface area contributed by atoms with Gasteiger partial charge >= 0.3 is 91.0 Å². The number of ether oxygens (including phenoxy) is 4. The van der Waals surface area contributed by atoms with E-state index in [1.165, 1.54) is 78.1 Å². The number of aliphatic hydroxyl groups is 2. The van der Waals surface area contributed by atoms with Crippen molar-refractivity contribution >= 4 is 116 Å². The van der Waals surface area contributed by atoms with Crippen LogP contribution in [0.1, 0.15) is 180 Å². The number of aryl methyl sites for hydroxylation is 1. The minimum absolute atomic E-state index is 0. The quantitative estimate of drug-likeness (QED) is 0.0103. The topological polar surface area (TPSA) is 268 Å². The standard InChI is InChI=1S/C19H13ClF6N2O3.C19H15ClF6N2O2.C17H11ClF6O2.C15H24.C9H6F6O.C8H6BrClO.C8H7ClO2.C4H8O.CH2O2.Na/c20-14-3-1-11(2-4-14)17(15(29)27-16(30)28-17)9-31-8-10-5-12(18(21,22)23)7-13(6-10)19(24,25)26;20-15-3-1-12(2-4-15)17(9-27-16(29)28-17)10-30-8-11-5-13(18(21,22)23)7-14(6-11)19(24,25)26;18-14-3-1-11(2-4-14)15(25)9-26-8-10-5-12(16(19,20)21)7-13(6-10)17(22,23)24;1-11-8-12(14(2,3)4)10-13(9-11)15(5,6)7;10-8(11,12)6-1-5(4-16)2-7(3-6)9(13,14)15;9-5-8(11)6-1-3-7(10)4-2-6;9-7-3-1-6(2-4-7)8(11)5-10;1-2-4-5-3-1;2-1-3;/h1-7H,8-9H2,(H2,27,28,29,30);1-7H,8-10H2,(H2,27,28,29);1-7H,8-9H2;8-10H,1-7H3;1-3,16H,4H2;1-4H,5H2;1-4,10H,5H2;1-4H2;1H,(H,2,3);/q;;;;;;;;;+1/p-1. The first-order valence-corrected chi connectivity index (χ1v) is 45.8. The third-order valence-corrected chi connectivity index (χ3v) is 22.2. The summed E-state index contributed by atoms with van der Waals surface area (Å²) in [5, 5.41) is 37.8. The molecule has 806 valence electrons. The predicted octanol–water partition coefficient (Wildman–Crippen LogP) is 23.9. The summed E-state index contributed by atoms with van der Waals surface area (Å²) in [6.07, 6.45) is -36.9. The monoisotopic (exact) mass is 2300 g/mol. The van der Waals surface area contributed by atoms with Gasteiger partial charge in [-0.15, -0.1) is 0 Å². The molecule has 3 aliphatic heterocycles. The van der Waals surface area contributed by atoms with Gasteiger partial charge in [0.1, 0.15) is 18.8 Å². The molecule has 0 radical (unpaired) electrons. The molecule has 2 unspecified atom stereocenters. The summed E-state index contributed by atoms with van der Waals surface area (Å²) >= 11 is 31.7. The zero-order valence-electron chi connectivity index (χ0n) is 79.3. The van der Waals surface area contributed by atoms with Crippen molar-refractivity contribution in [3.05, 3.63) is 349 Å². The van der Waals surface area contributed by atoms with Crippen molar-refractivity contribution in [3.63, 3.8) is 0 Å². The van der Waals surface area contributed by atoms with Gasteiger partial charge in [-0.2, -0.15) is 105 Å². The van der Waals surface area contributed by atoms with Gasteiger partial charge in [-0.3, -0.25) is 24.5 Å². The Kier molecular flexibility index (Phi) is 50.2. The van der Waals surface area contributed by atoms with Gasteiger partial charge in [-0.1, -0.05) is 164 Å². The van der Waals surface area contributed by atoms with Crippen LogP contribution in [0.25, 0.3) is 0 Å². The van der Waals surface area contributed by atoms with Crippen molar-refractivity contribution in [2.75, 3.05) is 51.5 Å². The second-order valence-corrected chi connectivity index (χ2v) is 36.8. The first-order valence-electron chi connectivity index (χ1n) is 42.8. The summed E-state index contributed by atoms with van der Waals surface area (Å²) in [5.74, 6) is -1.49. The Bertz CT molecular complexity index is 5840. The molecular formula is C100H91BrCl5F24N4NaO14. The number of carboxylic acid groups (broad SMARTS) is 1. The molecule has 2 atom stereocenters. The van der Waals surface area contributed by atoms with Crippen molar-refractivity contribution in [2.24, 2.45) is 0 Å². The van der Waals surface area contributed by atoms with Gasteiger partial charge in [-0.25, -0.2) is 9.59 Å². The molecular weight excluding hydrogens is 2220 g/mol. The van der Waals surface area contributed by atoms with Crippen molar-refractivity contribution in [1.29, 1.82) is 0 Å². The first-order chi connectivity index (χ1) is 68.3. The normalized spacial score (nSPS) is 15.1. The van der Waals surface area contributed by atoms with E-state index < -0.39 is 193 Å². The second-order valence-electron chi connectivity index (χ2n) is 34.1. The predicted molar refractivity (Wildman–Crippen MR) is 503 cm³/mol. The molecule has 10 aromatic carbocycles. The molecule has 0 spiro atoms. The van der Waals surface area contributed by atoms with Crippen molar-refractivity contribution < 1.29 is 203 Å². The molecule has 6 N–H and O–H groups in total. The van der Waals surface area contributed by atoms with Crippen LogP contribution in [-0.2, 0) is 126 Å². The fraction of sp³-hybridized carbons (Fsp3) is 0.330. The zero-order valence-corrected chi connectivity index (χ0v) is 86.7.